The van der Waals surface area contributed by atoms with Crippen molar-refractivity contribution in [3.8, 4) is 0 Å². The third-order valence-electron chi connectivity index (χ3n) is 5.36. The standard InChI is InChI=1S/C24H20N4O4S/c1-24(17-9-3-2-4-10-17,15-21-25-19-12-5-6-13-20(19)33-21)23(30)27-26-22(29)16-8-7-11-18(14-16)28(31)32/h2-14H,15H2,1H3,(H,26,29)(H,27,30). The Balaban J connectivity index is 1.56. The number of carbonyl (C=O) groups is 2. The van der Waals surface area contributed by atoms with Crippen LogP contribution in [0, 0.1) is 10.1 Å². The molecule has 2 N–H and O–H groups in total. The van der Waals surface area contributed by atoms with E-state index in [-0.39, 0.29) is 11.3 Å². The highest BCUT2D eigenvalue weighted by atomic mass is 32.1. The maximum absolute atomic E-state index is 13.3. The second-order valence-corrected chi connectivity index (χ2v) is 8.78. The van der Waals surface area contributed by atoms with Crippen molar-refractivity contribution in [1.29, 1.82) is 0 Å². The summed E-state index contributed by atoms with van der Waals surface area (Å²) in [5.74, 6) is -1.07. The molecule has 0 saturated heterocycles. The average molecular weight is 461 g/mol. The monoisotopic (exact) mass is 460 g/mol. The van der Waals surface area contributed by atoms with Crippen LogP contribution >= 0.6 is 11.3 Å². The fraction of sp³-hybridized carbons (Fsp3) is 0.125. The molecule has 1 aromatic heterocycles. The topological polar surface area (TPSA) is 114 Å². The van der Waals surface area contributed by atoms with Crippen molar-refractivity contribution in [2.24, 2.45) is 0 Å². The zero-order chi connectivity index (χ0) is 23.4. The van der Waals surface area contributed by atoms with Crippen LogP contribution in [-0.4, -0.2) is 21.7 Å². The number of nitrogens with one attached hydrogen (secondary N) is 2. The Morgan fingerprint density at radius 1 is 1.00 bits per heavy atom. The zero-order valence-corrected chi connectivity index (χ0v) is 18.5. The minimum atomic E-state index is -1.02. The number of aromatic nitrogens is 1. The van der Waals surface area contributed by atoms with Gasteiger partial charge in [-0.3, -0.25) is 30.6 Å². The van der Waals surface area contributed by atoms with E-state index in [1.165, 1.54) is 29.5 Å². The quantitative estimate of drug-likeness (QED) is 0.331. The minimum Gasteiger partial charge on any atom is -0.272 e. The Kier molecular flexibility index (Phi) is 6.14. The predicted molar refractivity (Wildman–Crippen MR) is 126 cm³/mol. The van der Waals surface area contributed by atoms with Crippen LogP contribution in [0.25, 0.3) is 10.2 Å². The van der Waals surface area contributed by atoms with Crippen molar-refractivity contribution in [3.63, 3.8) is 0 Å². The normalized spacial score (nSPS) is 12.6. The van der Waals surface area contributed by atoms with E-state index in [2.05, 4.69) is 15.8 Å². The van der Waals surface area contributed by atoms with E-state index in [9.17, 15) is 19.7 Å². The molecule has 0 spiro atoms. The van der Waals surface area contributed by atoms with Gasteiger partial charge in [-0.25, -0.2) is 4.98 Å². The van der Waals surface area contributed by atoms with Crippen LogP contribution < -0.4 is 10.9 Å². The van der Waals surface area contributed by atoms with E-state index in [4.69, 9.17) is 0 Å². The van der Waals surface area contributed by atoms with Crippen LogP contribution in [0.15, 0.2) is 78.9 Å². The smallest absolute Gasteiger partial charge is 0.270 e. The van der Waals surface area contributed by atoms with Crippen LogP contribution in [-0.2, 0) is 16.6 Å². The maximum Gasteiger partial charge on any atom is 0.270 e. The van der Waals surface area contributed by atoms with E-state index >= 15 is 0 Å². The minimum absolute atomic E-state index is 0.0667. The Bertz CT molecular complexity index is 1310. The van der Waals surface area contributed by atoms with E-state index in [0.29, 0.717) is 6.42 Å². The molecule has 4 rings (SSSR count). The van der Waals surface area contributed by atoms with E-state index in [1.807, 2.05) is 54.6 Å². The fourth-order valence-electron chi connectivity index (χ4n) is 3.50. The number of carbonyl (C=O) groups excluding carboxylic acids is 2. The molecule has 0 fully saturated rings. The molecule has 0 aliphatic heterocycles. The molecule has 8 nitrogen and oxygen atoms in total. The highest BCUT2D eigenvalue weighted by molar-refractivity contribution is 7.18. The molecule has 0 aliphatic carbocycles. The number of benzene rings is 3. The summed E-state index contributed by atoms with van der Waals surface area (Å²) in [6, 6.07) is 22.3. The van der Waals surface area contributed by atoms with Crippen LogP contribution in [0.5, 0.6) is 0 Å². The number of nitrogens with zero attached hydrogens (tertiary/aromatic N) is 2. The van der Waals surface area contributed by atoms with Crippen LogP contribution in [0.4, 0.5) is 5.69 Å². The molecule has 2 amide bonds. The molecule has 4 aromatic rings. The van der Waals surface area contributed by atoms with E-state index in [0.717, 1.165) is 26.9 Å². The zero-order valence-electron chi connectivity index (χ0n) is 17.6. The summed E-state index contributed by atoms with van der Waals surface area (Å²) in [5, 5.41) is 11.8. The van der Waals surface area contributed by atoms with Gasteiger partial charge in [0.25, 0.3) is 11.6 Å². The second kappa shape index (κ2) is 9.17. The van der Waals surface area contributed by atoms with Gasteiger partial charge in [-0.05, 0) is 30.7 Å². The summed E-state index contributed by atoms with van der Waals surface area (Å²) < 4.78 is 1.03. The number of non-ortho nitro benzene ring substituents is 1. The number of thiazole rings is 1. The van der Waals surface area contributed by atoms with Gasteiger partial charge in [0.05, 0.1) is 25.6 Å². The first-order valence-electron chi connectivity index (χ1n) is 10.1. The summed E-state index contributed by atoms with van der Waals surface area (Å²) >= 11 is 1.52. The fourth-order valence-corrected chi connectivity index (χ4v) is 4.63. The number of hydrazine groups is 1. The Labute approximate surface area is 193 Å². The lowest BCUT2D eigenvalue weighted by atomic mass is 9.79. The lowest BCUT2D eigenvalue weighted by Crippen LogP contribution is -2.51. The van der Waals surface area contributed by atoms with E-state index in [1.54, 1.807) is 6.92 Å². The van der Waals surface area contributed by atoms with Gasteiger partial charge in [0.1, 0.15) is 0 Å². The average Bonchev–Trinajstić information content (AvgIpc) is 3.24. The Hall–Kier alpha value is -4.11. The summed E-state index contributed by atoms with van der Waals surface area (Å²) in [5.41, 5.74) is 5.34. The highest BCUT2D eigenvalue weighted by Gasteiger charge is 2.37. The van der Waals surface area contributed by atoms with Crippen molar-refractivity contribution >= 4 is 39.1 Å². The number of amides is 2. The molecular formula is C24H20N4O4S. The molecule has 0 aliphatic rings. The van der Waals surface area contributed by atoms with Crippen LogP contribution in [0.1, 0.15) is 27.9 Å². The number of nitro benzene ring substituents is 1. The summed E-state index contributed by atoms with van der Waals surface area (Å²) in [6.07, 6.45) is 0.328. The van der Waals surface area contributed by atoms with Crippen molar-refractivity contribution in [3.05, 3.63) is 105 Å². The van der Waals surface area contributed by atoms with E-state index < -0.39 is 22.2 Å². The van der Waals surface area contributed by atoms with Gasteiger partial charge in [0, 0.05) is 24.1 Å². The SMILES string of the molecule is CC(Cc1nc2ccccc2s1)(C(=O)NNC(=O)c1cccc([N+](=O)[O-])c1)c1ccccc1. The molecule has 3 aromatic carbocycles. The Morgan fingerprint density at radius 2 is 1.73 bits per heavy atom. The largest absolute Gasteiger partial charge is 0.272 e. The molecule has 33 heavy (non-hydrogen) atoms. The van der Waals surface area contributed by atoms with Crippen LogP contribution in [0.3, 0.4) is 0 Å². The summed E-state index contributed by atoms with van der Waals surface area (Å²) in [6.45, 7) is 1.79. The third-order valence-corrected chi connectivity index (χ3v) is 6.40. The lowest BCUT2D eigenvalue weighted by molar-refractivity contribution is -0.384. The molecule has 166 valence electrons. The first-order chi connectivity index (χ1) is 15.9. The van der Waals surface area contributed by atoms with Crippen LogP contribution in [0.2, 0.25) is 0 Å². The summed E-state index contributed by atoms with van der Waals surface area (Å²) in [7, 11) is 0. The number of nitro groups is 1. The second-order valence-electron chi connectivity index (χ2n) is 7.67. The molecule has 1 unspecified atom stereocenters. The predicted octanol–water partition coefficient (Wildman–Crippen LogP) is 4.17. The van der Waals surface area contributed by atoms with Gasteiger partial charge < -0.3 is 0 Å². The molecule has 1 heterocycles. The first kappa shape index (κ1) is 22.1. The molecular weight excluding hydrogens is 440 g/mol. The van der Waals surface area contributed by atoms with Crippen molar-refractivity contribution in [2.45, 2.75) is 18.8 Å². The molecule has 0 bridgehead atoms. The van der Waals surface area contributed by atoms with Crippen molar-refractivity contribution in [1.82, 2.24) is 15.8 Å². The number of rotatable bonds is 6. The number of para-hydroxylation sites is 1. The highest BCUT2D eigenvalue weighted by Crippen LogP contribution is 2.32. The Morgan fingerprint density at radius 3 is 2.45 bits per heavy atom. The lowest BCUT2D eigenvalue weighted by Gasteiger charge is -2.28. The number of hydrogen-bond acceptors (Lipinski definition) is 6. The molecule has 9 heteroatoms. The van der Waals surface area contributed by atoms with Crippen molar-refractivity contribution < 1.29 is 14.5 Å². The first-order valence-corrected chi connectivity index (χ1v) is 10.9. The van der Waals surface area contributed by atoms with Gasteiger partial charge in [0.15, 0.2) is 0 Å². The number of fused-ring (bicyclic) bond motifs is 1. The van der Waals surface area contributed by atoms with Gasteiger partial charge in [-0.15, -0.1) is 11.3 Å². The molecule has 0 saturated carbocycles. The maximum atomic E-state index is 13.3. The van der Waals surface area contributed by atoms with Gasteiger partial charge in [0.2, 0.25) is 5.91 Å². The van der Waals surface area contributed by atoms with Crippen molar-refractivity contribution in [2.75, 3.05) is 0 Å². The van der Waals surface area contributed by atoms with Gasteiger partial charge in [-0.2, -0.15) is 0 Å². The van der Waals surface area contributed by atoms with Gasteiger partial charge >= 0.3 is 0 Å². The van der Waals surface area contributed by atoms with Gasteiger partial charge in [-0.1, -0.05) is 48.5 Å². The third kappa shape index (κ3) is 4.73. The molecule has 0 radical (unpaired) electrons. The molecule has 1 atom stereocenters. The number of hydrogen-bond donors (Lipinski definition) is 2. The summed E-state index contributed by atoms with van der Waals surface area (Å²) in [4.78, 5) is 40.9.